The van der Waals surface area contributed by atoms with Crippen molar-refractivity contribution in [2.24, 2.45) is 0 Å². The van der Waals surface area contributed by atoms with Crippen LogP contribution < -0.4 is 0 Å². The van der Waals surface area contributed by atoms with Gasteiger partial charge in [0.15, 0.2) is 0 Å². The second-order valence-corrected chi connectivity index (χ2v) is 8.11. The lowest BCUT2D eigenvalue weighted by Gasteiger charge is -2.30. The van der Waals surface area contributed by atoms with E-state index >= 15 is 0 Å². The third-order valence-electron chi connectivity index (χ3n) is 5.78. The Bertz CT molecular complexity index is 1130. The highest BCUT2D eigenvalue weighted by Gasteiger charge is 2.27. The molecule has 31 heavy (non-hydrogen) atoms. The Morgan fingerprint density at radius 2 is 1.90 bits per heavy atom. The van der Waals surface area contributed by atoms with Crippen LogP contribution in [0.4, 0.5) is 0 Å². The van der Waals surface area contributed by atoms with Crippen molar-refractivity contribution in [3.8, 4) is 0 Å². The van der Waals surface area contributed by atoms with Gasteiger partial charge in [0, 0.05) is 38.1 Å². The third kappa shape index (κ3) is 4.25. The van der Waals surface area contributed by atoms with Crippen LogP contribution in [0.1, 0.15) is 34.0 Å². The molecule has 6 nitrogen and oxygen atoms in total. The SMILES string of the molecule is CN(C)C(=O)c1cc2ccc(C3=CCCN(C(=O)C(CO)c4ccccc4)C3)cc2[nH]1. The molecule has 3 aromatic rings. The molecule has 0 radical (unpaired) electrons. The molecule has 0 saturated carbocycles. The quantitative estimate of drug-likeness (QED) is 0.669. The van der Waals surface area contributed by atoms with Crippen LogP contribution in [0.15, 0.2) is 60.7 Å². The number of hydrogen-bond acceptors (Lipinski definition) is 3. The molecule has 1 unspecified atom stereocenters. The van der Waals surface area contributed by atoms with E-state index in [-0.39, 0.29) is 18.4 Å². The van der Waals surface area contributed by atoms with Gasteiger partial charge in [0.05, 0.1) is 12.5 Å². The van der Waals surface area contributed by atoms with Gasteiger partial charge >= 0.3 is 0 Å². The van der Waals surface area contributed by atoms with Gasteiger partial charge in [0.2, 0.25) is 5.91 Å². The van der Waals surface area contributed by atoms with Crippen molar-refractivity contribution < 1.29 is 14.7 Å². The molecular formula is C25H27N3O3. The summed E-state index contributed by atoms with van der Waals surface area (Å²) in [4.78, 5) is 32.0. The molecule has 0 saturated heterocycles. The van der Waals surface area contributed by atoms with Crippen LogP contribution >= 0.6 is 0 Å². The molecular weight excluding hydrogens is 390 g/mol. The van der Waals surface area contributed by atoms with E-state index in [1.54, 1.807) is 19.0 Å². The molecule has 1 atom stereocenters. The van der Waals surface area contributed by atoms with Gasteiger partial charge in [-0.2, -0.15) is 0 Å². The summed E-state index contributed by atoms with van der Waals surface area (Å²) >= 11 is 0. The van der Waals surface area contributed by atoms with Crippen molar-refractivity contribution in [3.63, 3.8) is 0 Å². The van der Waals surface area contributed by atoms with E-state index in [9.17, 15) is 14.7 Å². The lowest BCUT2D eigenvalue weighted by Crippen LogP contribution is -2.39. The molecule has 160 valence electrons. The summed E-state index contributed by atoms with van der Waals surface area (Å²) in [5.74, 6) is -0.674. The summed E-state index contributed by atoms with van der Waals surface area (Å²) in [7, 11) is 3.46. The highest BCUT2D eigenvalue weighted by molar-refractivity contribution is 5.98. The van der Waals surface area contributed by atoms with Gasteiger partial charge in [0.1, 0.15) is 5.69 Å². The number of hydrogen-bond donors (Lipinski definition) is 2. The Labute approximate surface area is 181 Å². The summed E-state index contributed by atoms with van der Waals surface area (Å²) in [6.07, 6.45) is 2.93. The molecule has 0 bridgehead atoms. The van der Waals surface area contributed by atoms with Crippen LogP contribution in [-0.2, 0) is 4.79 Å². The smallest absolute Gasteiger partial charge is 0.269 e. The van der Waals surface area contributed by atoms with Crippen molar-refractivity contribution >= 4 is 28.3 Å². The van der Waals surface area contributed by atoms with Gasteiger partial charge in [0.25, 0.3) is 5.91 Å². The minimum atomic E-state index is -0.550. The largest absolute Gasteiger partial charge is 0.395 e. The van der Waals surface area contributed by atoms with E-state index in [0.717, 1.165) is 34.0 Å². The minimum Gasteiger partial charge on any atom is -0.395 e. The number of carbonyl (C=O) groups excluding carboxylic acids is 2. The lowest BCUT2D eigenvalue weighted by molar-refractivity contribution is -0.133. The van der Waals surface area contributed by atoms with Crippen LogP contribution in [0.5, 0.6) is 0 Å². The fourth-order valence-electron chi connectivity index (χ4n) is 4.06. The highest BCUT2D eigenvalue weighted by atomic mass is 16.3. The number of H-pyrrole nitrogens is 1. The molecule has 1 aliphatic heterocycles. The van der Waals surface area contributed by atoms with Gasteiger partial charge in [-0.3, -0.25) is 9.59 Å². The Morgan fingerprint density at radius 1 is 1.13 bits per heavy atom. The predicted molar refractivity (Wildman–Crippen MR) is 122 cm³/mol. The summed E-state index contributed by atoms with van der Waals surface area (Å²) in [6.45, 7) is 0.922. The van der Waals surface area contributed by atoms with Crippen LogP contribution in [0.25, 0.3) is 16.5 Å². The fraction of sp³-hybridized carbons (Fsp3) is 0.280. The van der Waals surface area contributed by atoms with Gasteiger partial charge in [-0.25, -0.2) is 0 Å². The van der Waals surface area contributed by atoms with Crippen molar-refractivity contribution in [2.75, 3.05) is 33.8 Å². The standard InChI is InChI=1S/C25H27N3O3/c1-27(2)25(31)23-14-19-11-10-18(13-22(19)26-23)20-9-6-12-28(15-20)24(30)21(16-29)17-7-4-3-5-8-17/h3-5,7-11,13-14,21,26,29H,6,12,15-16H2,1-2H3. The number of aliphatic hydroxyl groups is 1. The second kappa shape index (κ2) is 8.78. The van der Waals surface area contributed by atoms with Gasteiger partial charge in [-0.1, -0.05) is 48.5 Å². The number of carbonyl (C=O) groups is 2. The number of aromatic nitrogens is 1. The Morgan fingerprint density at radius 3 is 2.61 bits per heavy atom. The van der Waals surface area contributed by atoms with Crippen molar-refractivity contribution in [3.05, 3.63) is 77.5 Å². The number of amides is 2. The Hall–Kier alpha value is -3.38. The van der Waals surface area contributed by atoms with E-state index in [0.29, 0.717) is 18.8 Å². The summed E-state index contributed by atoms with van der Waals surface area (Å²) in [5.41, 5.74) is 4.37. The maximum absolute atomic E-state index is 13.2. The van der Waals surface area contributed by atoms with Gasteiger partial charge in [-0.05, 0) is 35.3 Å². The molecule has 2 amide bonds. The maximum atomic E-state index is 13.2. The van der Waals surface area contributed by atoms with Crippen molar-refractivity contribution in [1.29, 1.82) is 0 Å². The number of fused-ring (bicyclic) bond motifs is 1. The molecule has 2 N–H and O–H groups in total. The first-order valence-electron chi connectivity index (χ1n) is 10.5. The zero-order valence-corrected chi connectivity index (χ0v) is 17.8. The predicted octanol–water partition coefficient (Wildman–Crippen LogP) is 3.26. The maximum Gasteiger partial charge on any atom is 0.269 e. The zero-order valence-electron chi connectivity index (χ0n) is 17.8. The monoisotopic (exact) mass is 417 g/mol. The summed E-state index contributed by atoms with van der Waals surface area (Å²) in [5, 5.41) is 10.8. The average Bonchev–Trinajstić information content (AvgIpc) is 3.23. The van der Waals surface area contributed by atoms with E-state index < -0.39 is 5.92 Å². The van der Waals surface area contributed by atoms with E-state index in [2.05, 4.69) is 11.1 Å². The summed E-state index contributed by atoms with van der Waals surface area (Å²) < 4.78 is 0. The van der Waals surface area contributed by atoms with Crippen LogP contribution in [0, 0.1) is 0 Å². The lowest BCUT2D eigenvalue weighted by atomic mass is 9.95. The van der Waals surface area contributed by atoms with Crippen LogP contribution in [0.3, 0.4) is 0 Å². The zero-order chi connectivity index (χ0) is 22.0. The molecule has 1 aliphatic rings. The second-order valence-electron chi connectivity index (χ2n) is 8.11. The molecule has 1 aromatic heterocycles. The van der Waals surface area contributed by atoms with Gasteiger partial charge < -0.3 is 19.9 Å². The number of rotatable bonds is 5. The van der Waals surface area contributed by atoms with Crippen molar-refractivity contribution in [2.45, 2.75) is 12.3 Å². The number of nitrogens with one attached hydrogen (secondary N) is 1. The Balaban J connectivity index is 1.55. The first-order valence-corrected chi connectivity index (χ1v) is 10.5. The fourth-order valence-corrected chi connectivity index (χ4v) is 4.06. The van der Waals surface area contributed by atoms with Crippen LogP contribution in [-0.4, -0.2) is 65.5 Å². The molecule has 6 heteroatoms. The number of nitrogens with zero attached hydrogens (tertiary/aromatic N) is 2. The van der Waals surface area contributed by atoms with Crippen molar-refractivity contribution in [1.82, 2.24) is 14.8 Å². The molecule has 4 rings (SSSR count). The first-order chi connectivity index (χ1) is 15.0. The van der Waals surface area contributed by atoms with Gasteiger partial charge in [-0.15, -0.1) is 0 Å². The minimum absolute atomic E-state index is 0.0564. The molecule has 2 heterocycles. The topological polar surface area (TPSA) is 76.6 Å². The number of aromatic amines is 1. The Kier molecular flexibility index (Phi) is 5.91. The van der Waals surface area contributed by atoms with E-state index in [4.69, 9.17) is 0 Å². The summed E-state index contributed by atoms with van der Waals surface area (Å²) in [6, 6.07) is 17.3. The third-order valence-corrected chi connectivity index (χ3v) is 5.78. The molecule has 2 aromatic carbocycles. The number of aliphatic hydroxyl groups excluding tert-OH is 1. The average molecular weight is 418 g/mol. The molecule has 0 fully saturated rings. The van der Waals surface area contributed by atoms with E-state index in [1.165, 1.54) is 0 Å². The highest BCUT2D eigenvalue weighted by Crippen LogP contribution is 2.27. The van der Waals surface area contributed by atoms with E-state index in [1.807, 2.05) is 59.5 Å². The van der Waals surface area contributed by atoms with Crippen LogP contribution in [0.2, 0.25) is 0 Å². The number of benzene rings is 2. The first kappa shape index (κ1) is 20.9. The molecule has 0 aliphatic carbocycles. The normalized spacial score (nSPS) is 14.9. The molecule has 0 spiro atoms.